The Morgan fingerprint density at radius 1 is 1.50 bits per heavy atom. The number of aryl methyl sites for hydroxylation is 1. The van der Waals surface area contributed by atoms with E-state index >= 15 is 0 Å². The maximum atomic E-state index is 11.3. The van der Waals surface area contributed by atoms with E-state index in [-0.39, 0.29) is 24.2 Å². The third-order valence-corrected chi connectivity index (χ3v) is 4.21. The Labute approximate surface area is 139 Å². The molecule has 0 spiro atoms. The van der Waals surface area contributed by atoms with Crippen LogP contribution in [0.1, 0.15) is 38.9 Å². The predicted octanol–water partition coefficient (Wildman–Crippen LogP) is 2.85. The van der Waals surface area contributed by atoms with Gasteiger partial charge in [-0.3, -0.25) is 4.79 Å². The van der Waals surface area contributed by atoms with E-state index in [1.54, 1.807) is 6.20 Å². The Hall–Kier alpha value is -1.21. The third kappa shape index (κ3) is 4.39. The molecule has 0 aliphatic heterocycles. The van der Waals surface area contributed by atoms with Gasteiger partial charge in [0, 0.05) is 19.7 Å². The SMILES string of the molecule is CCO[C@H]1[C@@H](Nc2nc(C)ncc2Br)CCC[C@@H]1OC(C)=O. The lowest BCUT2D eigenvalue weighted by molar-refractivity contribution is -0.158. The molecular weight excluding hydrogens is 350 g/mol. The van der Waals surface area contributed by atoms with Crippen LogP contribution in [0.3, 0.4) is 0 Å². The summed E-state index contributed by atoms with van der Waals surface area (Å²) in [6.45, 7) is 5.80. The first-order chi connectivity index (χ1) is 10.5. The molecule has 0 saturated heterocycles. The van der Waals surface area contributed by atoms with Crippen LogP contribution >= 0.6 is 15.9 Å². The van der Waals surface area contributed by atoms with E-state index < -0.39 is 0 Å². The fourth-order valence-electron chi connectivity index (χ4n) is 2.77. The van der Waals surface area contributed by atoms with Crippen LogP contribution in [0.25, 0.3) is 0 Å². The number of ether oxygens (including phenoxy) is 2. The molecule has 1 heterocycles. The van der Waals surface area contributed by atoms with Crippen molar-refractivity contribution in [1.82, 2.24) is 9.97 Å². The van der Waals surface area contributed by atoms with Gasteiger partial charge in [0.15, 0.2) is 0 Å². The molecule has 1 aromatic rings. The monoisotopic (exact) mass is 371 g/mol. The molecule has 22 heavy (non-hydrogen) atoms. The first kappa shape index (κ1) is 17.1. The van der Waals surface area contributed by atoms with E-state index in [2.05, 4.69) is 31.2 Å². The van der Waals surface area contributed by atoms with Crippen molar-refractivity contribution in [3.63, 3.8) is 0 Å². The zero-order chi connectivity index (χ0) is 16.1. The van der Waals surface area contributed by atoms with E-state index in [9.17, 15) is 4.79 Å². The van der Waals surface area contributed by atoms with Gasteiger partial charge in [-0.15, -0.1) is 0 Å². The predicted molar refractivity (Wildman–Crippen MR) is 86.7 cm³/mol. The molecule has 1 N–H and O–H groups in total. The summed E-state index contributed by atoms with van der Waals surface area (Å²) >= 11 is 3.46. The summed E-state index contributed by atoms with van der Waals surface area (Å²) in [4.78, 5) is 19.9. The Kier molecular flexibility index (Phi) is 6.14. The maximum Gasteiger partial charge on any atom is 0.302 e. The Bertz CT molecular complexity index is 527. The molecule has 0 unspecified atom stereocenters. The Morgan fingerprint density at radius 3 is 2.95 bits per heavy atom. The van der Waals surface area contributed by atoms with Gasteiger partial charge in [0.2, 0.25) is 0 Å². The second-order valence-corrected chi connectivity index (χ2v) is 6.22. The van der Waals surface area contributed by atoms with Crippen molar-refractivity contribution >= 4 is 27.7 Å². The van der Waals surface area contributed by atoms with Gasteiger partial charge in [0.05, 0.1) is 10.5 Å². The summed E-state index contributed by atoms with van der Waals surface area (Å²) in [6, 6.07) is 0.0450. The van der Waals surface area contributed by atoms with Gasteiger partial charge in [-0.2, -0.15) is 0 Å². The first-order valence-electron chi connectivity index (χ1n) is 7.55. The van der Waals surface area contributed by atoms with Crippen LogP contribution < -0.4 is 5.32 Å². The molecule has 1 aromatic heterocycles. The van der Waals surface area contributed by atoms with Gasteiger partial charge in [-0.25, -0.2) is 9.97 Å². The van der Waals surface area contributed by atoms with Crippen LogP contribution in [0, 0.1) is 6.92 Å². The Balaban J connectivity index is 2.15. The fraction of sp³-hybridized carbons (Fsp3) is 0.667. The number of hydrogen-bond acceptors (Lipinski definition) is 6. The second kappa shape index (κ2) is 7.87. The number of aromatic nitrogens is 2. The van der Waals surface area contributed by atoms with E-state index in [1.165, 1.54) is 6.92 Å². The quantitative estimate of drug-likeness (QED) is 0.802. The summed E-state index contributed by atoms with van der Waals surface area (Å²) < 4.78 is 12.1. The molecule has 6 nitrogen and oxygen atoms in total. The molecule has 1 fully saturated rings. The second-order valence-electron chi connectivity index (χ2n) is 5.36. The number of carbonyl (C=O) groups excluding carboxylic acids is 1. The van der Waals surface area contributed by atoms with Crippen molar-refractivity contribution in [3.05, 3.63) is 16.5 Å². The Morgan fingerprint density at radius 2 is 2.27 bits per heavy atom. The summed E-state index contributed by atoms with van der Waals surface area (Å²) in [5.74, 6) is 1.17. The van der Waals surface area contributed by atoms with Gasteiger partial charge in [-0.05, 0) is 49.0 Å². The molecule has 0 bridgehead atoms. The molecule has 7 heteroatoms. The standard InChI is InChI=1S/C15H22BrN3O3/c1-4-21-14-12(6-5-7-13(14)22-10(3)20)19-15-11(16)8-17-9(2)18-15/h8,12-14H,4-7H2,1-3H3,(H,17,18,19)/t12-,13-,14-/m0/s1. The first-order valence-corrected chi connectivity index (χ1v) is 8.35. The molecule has 1 aliphatic rings. The number of nitrogens with one attached hydrogen (secondary N) is 1. The third-order valence-electron chi connectivity index (χ3n) is 3.63. The topological polar surface area (TPSA) is 73.3 Å². The number of halogens is 1. The molecule has 122 valence electrons. The minimum Gasteiger partial charge on any atom is -0.460 e. The van der Waals surface area contributed by atoms with Crippen LogP contribution in [0.4, 0.5) is 5.82 Å². The highest BCUT2D eigenvalue weighted by molar-refractivity contribution is 9.10. The summed E-state index contributed by atoms with van der Waals surface area (Å²) in [5.41, 5.74) is 0. The molecular formula is C15H22BrN3O3. The van der Waals surface area contributed by atoms with E-state index in [0.29, 0.717) is 12.4 Å². The number of hydrogen-bond donors (Lipinski definition) is 1. The molecule has 0 amide bonds. The van der Waals surface area contributed by atoms with Crippen LogP contribution in [-0.2, 0) is 14.3 Å². The van der Waals surface area contributed by atoms with Gasteiger partial charge in [0.1, 0.15) is 23.9 Å². The van der Waals surface area contributed by atoms with Crippen molar-refractivity contribution < 1.29 is 14.3 Å². The van der Waals surface area contributed by atoms with Crippen LogP contribution in [-0.4, -0.2) is 40.8 Å². The van der Waals surface area contributed by atoms with Crippen molar-refractivity contribution in [1.29, 1.82) is 0 Å². The van der Waals surface area contributed by atoms with E-state index in [1.807, 2.05) is 13.8 Å². The minimum absolute atomic E-state index is 0.0450. The van der Waals surface area contributed by atoms with Crippen LogP contribution in [0.2, 0.25) is 0 Å². The summed E-state index contributed by atoms with van der Waals surface area (Å²) in [5, 5.41) is 3.41. The fourth-order valence-corrected chi connectivity index (χ4v) is 3.07. The van der Waals surface area contributed by atoms with Crippen molar-refractivity contribution in [2.24, 2.45) is 0 Å². The molecule has 0 radical (unpaired) electrons. The smallest absolute Gasteiger partial charge is 0.302 e. The highest BCUT2D eigenvalue weighted by Crippen LogP contribution is 2.29. The number of esters is 1. The van der Waals surface area contributed by atoms with Crippen molar-refractivity contribution in [2.75, 3.05) is 11.9 Å². The number of rotatable bonds is 5. The highest BCUT2D eigenvalue weighted by Gasteiger charge is 2.36. The van der Waals surface area contributed by atoms with Gasteiger partial charge >= 0.3 is 5.97 Å². The number of nitrogens with zero attached hydrogens (tertiary/aromatic N) is 2. The van der Waals surface area contributed by atoms with Gasteiger partial charge in [0.25, 0.3) is 0 Å². The largest absolute Gasteiger partial charge is 0.460 e. The number of carbonyl (C=O) groups is 1. The number of anilines is 1. The zero-order valence-corrected chi connectivity index (χ0v) is 14.7. The van der Waals surface area contributed by atoms with E-state index in [0.717, 1.165) is 29.6 Å². The van der Waals surface area contributed by atoms with Crippen molar-refractivity contribution in [2.45, 2.75) is 58.3 Å². The zero-order valence-electron chi connectivity index (χ0n) is 13.1. The lowest BCUT2D eigenvalue weighted by Crippen LogP contribution is -2.49. The summed E-state index contributed by atoms with van der Waals surface area (Å²) in [7, 11) is 0. The normalized spacial score (nSPS) is 24.8. The average Bonchev–Trinajstić information content (AvgIpc) is 2.46. The maximum absolute atomic E-state index is 11.3. The lowest BCUT2D eigenvalue weighted by Gasteiger charge is -2.37. The highest BCUT2D eigenvalue weighted by atomic mass is 79.9. The van der Waals surface area contributed by atoms with E-state index in [4.69, 9.17) is 9.47 Å². The molecule has 3 atom stereocenters. The lowest BCUT2D eigenvalue weighted by atomic mass is 9.89. The van der Waals surface area contributed by atoms with Gasteiger partial charge in [-0.1, -0.05) is 0 Å². The summed E-state index contributed by atoms with van der Waals surface area (Å²) in [6.07, 6.45) is 4.08. The van der Waals surface area contributed by atoms with Gasteiger partial charge < -0.3 is 14.8 Å². The molecule has 1 saturated carbocycles. The average molecular weight is 372 g/mol. The van der Waals surface area contributed by atoms with Crippen LogP contribution in [0.5, 0.6) is 0 Å². The minimum atomic E-state index is -0.269. The van der Waals surface area contributed by atoms with Crippen LogP contribution in [0.15, 0.2) is 10.7 Å². The molecule has 2 rings (SSSR count). The molecule has 0 aromatic carbocycles. The molecule has 1 aliphatic carbocycles. The van der Waals surface area contributed by atoms with Crippen molar-refractivity contribution in [3.8, 4) is 0 Å².